The molecule has 0 bridgehead atoms. The Labute approximate surface area is 120 Å². The number of aromatic nitrogens is 1. The first-order valence-corrected chi connectivity index (χ1v) is 7.59. The molecule has 106 valence electrons. The van der Waals surface area contributed by atoms with Crippen molar-refractivity contribution in [2.45, 2.75) is 33.1 Å². The van der Waals surface area contributed by atoms with Crippen molar-refractivity contribution in [1.29, 1.82) is 0 Å². The molecule has 0 radical (unpaired) electrons. The van der Waals surface area contributed by atoms with Gasteiger partial charge in [0, 0.05) is 35.5 Å². The van der Waals surface area contributed by atoms with Crippen LogP contribution in [0.2, 0.25) is 0 Å². The third-order valence-corrected chi connectivity index (χ3v) is 4.36. The highest BCUT2D eigenvalue weighted by Gasteiger charge is 2.21. The summed E-state index contributed by atoms with van der Waals surface area (Å²) < 4.78 is 0. The minimum atomic E-state index is 0.809. The molecule has 20 heavy (non-hydrogen) atoms. The molecule has 3 rings (SSSR count). The van der Waals surface area contributed by atoms with E-state index in [9.17, 15) is 0 Å². The van der Waals surface area contributed by atoms with Crippen LogP contribution in [-0.4, -0.2) is 18.1 Å². The number of fused-ring (bicyclic) bond motifs is 1. The Kier molecular flexibility index (Phi) is 3.51. The van der Waals surface area contributed by atoms with Gasteiger partial charge < -0.3 is 10.6 Å². The van der Waals surface area contributed by atoms with Gasteiger partial charge in [0.25, 0.3) is 0 Å². The SMILES string of the molecule is CCN(CC1CCC1)c1cc(C)nc2ccc(N)cc12. The van der Waals surface area contributed by atoms with E-state index in [0.717, 1.165) is 35.9 Å². The zero-order valence-electron chi connectivity index (χ0n) is 12.4. The molecule has 0 amide bonds. The number of nitrogens with zero attached hydrogens (tertiary/aromatic N) is 2. The predicted octanol–water partition coefficient (Wildman–Crippen LogP) is 3.75. The van der Waals surface area contributed by atoms with Crippen LogP contribution < -0.4 is 10.6 Å². The van der Waals surface area contributed by atoms with Crippen LogP contribution in [0.1, 0.15) is 31.9 Å². The fourth-order valence-electron chi connectivity index (χ4n) is 3.00. The van der Waals surface area contributed by atoms with E-state index in [4.69, 9.17) is 5.73 Å². The van der Waals surface area contributed by atoms with Gasteiger partial charge in [0.1, 0.15) is 0 Å². The molecule has 0 spiro atoms. The molecule has 3 nitrogen and oxygen atoms in total. The fraction of sp³-hybridized carbons (Fsp3) is 0.471. The number of hydrogen-bond donors (Lipinski definition) is 1. The highest BCUT2D eigenvalue weighted by atomic mass is 15.1. The van der Waals surface area contributed by atoms with E-state index in [0.29, 0.717) is 0 Å². The molecular weight excluding hydrogens is 246 g/mol. The van der Waals surface area contributed by atoms with Crippen LogP contribution in [0.3, 0.4) is 0 Å². The Bertz CT molecular complexity index is 617. The Morgan fingerprint density at radius 3 is 2.75 bits per heavy atom. The summed E-state index contributed by atoms with van der Waals surface area (Å²) in [6.45, 7) is 6.48. The zero-order valence-corrected chi connectivity index (χ0v) is 12.4. The van der Waals surface area contributed by atoms with Crippen LogP contribution in [0.25, 0.3) is 10.9 Å². The molecule has 0 atom stereocenters. The van der Waals surface area contributed by atoms with Crippen molar-refractivity contribution >= 4 is 22.3 Å². The fourth-order valence-corrected chi connectivity index (χ4v) is 3.00. The van der Waals surface area contributed by atoms with E-state index in [1.54, 1.807) is 0 Å². The quantitative estimate of drug-likeness (QED) is 0.859. The topological polar surface area (TPSA) is 42.2 Å². The van der Waals surface area contributed by atoms with Crippen molar-refractivity contribution in [3.8, 4) is 0 Å². The normalized spacial score (nSPS) is 15.3. The predicted molar refractivity (Wildman–Crippen MR) is 86.1 cm³/mol. The highest BCUT2D eigenvalue weighted by molar-refractivity contribution is 5.94. The van der Waals surface area contributed by atoms with Crippen LogP contribution in [-0.2, 0) is 0 Å². The number of rotatable bonds is 4. The molecule has 1 aromatic heterocycles. The lowest BCUT2D eigenvalue weighted by Crippen LogP contribution is -2.32. The molecule has 1 aromatic carbocycles. The lowest BCUT2D eigenvalue weighted by molar-refractivity contribution is 0.318. The van der Waals surface area contributed by atoms with Crippen molar-refractivity contribution in [3.63, 3.8) is 0 Å². The van der Waals surface area contributed by atoms with Gasteiger partial charge in [0.05, 0.1) is 5.52 Å². The van der Waals surface area contributed by atoms with E-state index in [1.165, 1.54) is 30.3 Å². The summed E-state index contributed by atoms with van der Waals surface area (Å²) in [4.78, 5) is 7.11. The summed E-state index contributed by atoms with van der Waals surface area (Å²) in [6.07, 6.45) is 4.15. The molecule has 0 aliphatic heterocycles. The van der Waals surface area contributed by atoms with Gasteiger partial charge in [-0.05, 0) is 56.9 Å². The van der Waals surface area contributed by atoms with Crippen LogP contribution in [0.15, 0.2) is 24.3 Å². The second-order valence-electron chi connectivity index (χ2n) is 5.89. The summed E-state index contributed by atoms with van der Waals surface area (Å²) in [5, 5.41) is 1.18. The maximum Gasteiger partial charge on any atom is 0.0727 e. The van der Waals surface area contributed by atoms with Gasteiger partial charge in [-0.1, -0.05) is 6.42 Å². The molecule has 1 fully saturated rings. The van der Waals surface area contributed by atoms with Crippen LogP contribution in [0.4, 0.5) is 11.4 Å². The van der Waals surface area contributed by atoms with Gasteiger partial charge in [0.2, 0.25) is 0 Å². The van der Waals surface area contributed by atoms with Crippen molar-refractivity contribution in [2.24, 2.45) is 5.92 Å². The van der Waals surface area contributed by atoms with Crippen molar-refractivity contribution in [1.82, 2.24) is 4.98 Å². The van der Waals surface area contributed by atoms with Crippen molar-refractivity contribution < 1.29 is 0 Å². The molecule has 2 aromatic rings. The summed E-state index contributed by atoms with van der Waals surface area (Å²) in [7, 11) is 0. The summed E-state index contributed by atoms with van der Waals surface area (Å²) in [5.41, 5.74) is 10.2. The first kappa shape index (κ1) is 13.2. The van der Waals surface area contributed by atoms with Gasteiger partial charge in [0.15, 0.2) is 0 Å². The van der Waals surface area contributed by atoms with E-state index in [-0.39, 0.29) is 0 Å². The van der Waals surface area contributed by atoms with Crippen molar-refractivity contribution in [2.75, 3.05) is 23.7 Å². The van der Waals surface area contributed by atoms with E-state index < -0.39 is 0 Å². The lowest BCUT2D eigenvalue weighted by Gasteiger charge is -2.33. The van der Waals surface area contributed by atoms with E-state index in [1.807, 2.05) is 12.1 Å². The van der Waals surface area contributed by atoms with Gasteiger partial charge in [-0.3, -0.25) is 4.98 Å². The van der Waals surface area contributed by atoms with E-state index >= 15 is 0 Å². The average molecular weight is 269 g/mol. The molecular formula is C17H23N3. The Morgan fingerprint density at radius 2 is 2.10 bits per heavy atom. The number of nitrogens with two attached hydrogens (primary N) is 1. The molecule has 1 saturated carbocycles. The molecule has 1 aliphatic rings. The number of hydrogen-bond acceptors (Lipinski definition) is 3. The molecule has 0 unspecified atom stereocenters. The number of anilines is 2. The maximum atomic E-state index is 5.96. The van der Waals surface area contributed by atoms with Crippen molar-refractivity contribution in [3.05, 3.63) is 30.0 Å². The van der Waals surface area contributed by atoms with Crippen LogP contribution in [0.5, 0.6) is 0 Å². The Morgan fingerprint density at radius 1 is 1.30 bits per heavy atom. The first-order valence-electron chi connectivity index (χ1n) is 7.59. The van der Waals surface area contributed by atoms with Gasteiger partial charge in [-0.25, -0.2) is 0 Å². The highest BCUT2D eigenvalue weighted by Crippen LogP contribution is 2.32. The van der Waals surface area contributed by atoms with Gasteiger partial charge in [-0.15, -0.1) is 0 Å². The summed E-state index contributed by atoms with van der Waals surface area (Å²) >= 11 is 0. The largest absolute Gasteiger partial charge is 0.399 e. The van der Waals surface area contributed by atoms with Gasteiger partial charge >= 0.3 is 0 Å². The zero-order chi connectivity index (χ0) is 14.1. The first-order chi connectivity index (χ1) is 9.67. The second-order valence-corrected chi connectivity index (χ2v) is 5.89. The standard InChI is InChI=1S/C17H23N3/c1-3-20(11-13-5-4-6-13)17-9-12(2)19-16-8-7-14(18)10-15(16)17/h7-10,13H,3-6,11,18H2,1-2H3. The molecule has 1 aliphatic carbocycles. The van der Waals surface area contributed by atoms with Crippen LogP contribution in [0, 0.1) is 12.8 Å². The minimum Gasteiger partial charge on any atom is -0.399 e. The molecule has 3 heteroatoms. The molecule has 1 heterocycles. The summed E-state index contributed by atoms with van der Waals surface area (Å²) in [5.74, 6) is 0.861. The number of pyridine rings is 1. The molecule has 0 saturated heterocycles. The summed E-state index contributed by atoms with van der Waals surface area (Å²) in [6, 6.07) is 8.21. The number of nitrogen functional groups attached to an aromatic ring is 1. The van der Waals surface area contributed by atoms with Crippen LogP contribution >= 0.6 is 0 Å². The number of aryl methyl sites for hydroxylation is 1. The maximum absolute atomic E-state index is 5.96. The second kappa shape index (κ2) is 5.31. The minimum absolute atomic E-state index is 0.809. The third-order valence-electron chi connectivity index (χ3n) is 4.36. The monoisotopic (exact) mass is 269 g/mol. The number of benzene rings is 1. The molecule has 2 N–H and O–H groups in total. The smallest absolute Gasteiger partial charge is 0.0727 e. The Balaban J connectivity index is 2.04. The average Bonchev–Trinajstić information content (AvgIpc) is 2.38. The lowest BCUT2D eigenvalue weighted by atomic mass is 9.85. The van der Waals surface area contributed by atoms with Gasteiger partial charge in [-0.2, -0.15) is 0 Å². The Hall–Kier alpha value is -1.77. The van der Waals surface area contributed by atoms with E-state index in [2.05, 4.69) is 35.9 Å². The third kappa shape index (κ3) is 2.45.